The van der Waals surface area contributed by atoms with Crippen molar-refractivity contribution in [2.24, 2.45) is 0 Å². The SMILES string of the molecule is CC(NC(=O)CCOc1ccccc1)C1(c2ccc(Br)cc2)CC1. The summed E-state index contributed by atoms with van der Waals surface area (Å²) in [7, 11) is 0. The molecule has 0 aliphatic heterocycles. The van der Waals surface area contributed by atoms with Crippen molar-refractivity contribution in [1.29, 1.82) is 0 Å². The van der Waals surface area contributed by atoms with Gasteiger partial charge in [0.15, 0.2) is 0 Å². The average Bonchev–Trinajstić information content (AvgIpc) is 3.38. The van der Waals surface area contributed by atoms with Crippen LogP contribution in [0.25, 0.3) is 0 Å². The van der Waals surface area contributed by atoms with E-state index in [1.165, 1.54) is 5.56 Å². The third kappa shape index (κ3) is 3.99. The Bertz CT molecular complexity index is 681. The van der Waals surface area contributed by atoms with Gasteiger partial charge in [-0.15, -0.1) is 0 Å². The van der Waals surface area contributed by atoms with Crippen LogP contribution in [-0.4, -0.2) is 18.6 Å². The highest BCUT2D eigenvalue weighted by molar-refractivity contribution is 9.10. The second kappa shape index (κ2) is 7.39. The van der Waals surface area contributed by atoms with Gasteiger partial charge in [-0.2, -0.15) is 0 Å². The Kier molecular flexibility index (Phi) is 5.24. The minimum Gasteiger partial charge on any atom is -0.493 e. The first kappa shape index (κ1) is 17.0. The number of nitrogens with one attached hydrogen (secondary N) is 1. The van der Waals surface area contributed by atoms with Crippen LogP contribution in [0, 0.1) is 0 Å². The smallest absolute Gasteiger partial charge is 0.223 e. The van der Waals surface area contributed by atoms with E-state index in [0.717, 1.165) is 23.1 Å². The molecule has 0 bridgehead atoms. The van der Waals surface area contributed by atoms with Crippen LogP contribution in [0.5, 0.6) is 5.75 Å². The summed E-state index contributed by atoms with van der Waals surface area (Å²) < 4.78 is 6.67. The normalized spacial score (nSPS) is 16.2. The second-order valence-electron chi connectivity index (χ2n) is 6.36. The summed E-state index contributed by atoms with van der Waals surface area (Å²) in [4.78, 5) is 12.2. The fourth-order valence-corrected chi connectivity index (χ4v) is 3.38. The molecule has 2 aromatic carbocycles. The molecule has 1 unspecified atom stereocenters. The van der Waals surface area contributed by atoms with Crippen molar-refractivity contribution < 1.29 is 9.53 Å². The molecule has 0 saturated heterocycles. The lowest BCUT2D eigenvalue weighted by Crippen LogP contribution is -2.41. The number of ether oxygens (including phenoxy) is 1. The largest absolute Gasteiger partial charge is 0.493 e. The Labute approximate surface area is 151 Å². The summed E-state index contributed by atoms with van der Waals surface area (Å²) in [5.74, 6) is 0.841. The fourth-order valence-electron chi connectivity index (χ4n) is 3.12. The van der Waals surface area contributed by atoms with Gasteiger partial charge >= 0.3 is 0 Å². The molecule has 2 aromatic rings. The van der Waals surface area contributed by atoms with Crippen LogP contribution >= 0.6 is 15.9 Å². The van der Waals surface area contributed by atoms with Crippen molar-refractivity contribution in [1.82, 2.24) is 5.32 Å². The summed E-state index contributed by atoms with van der Waals surface area (Å²) in [6, 6.07) is 18.1. The number of rotatable bonds is 7. The molecule has 4 heteroatoms. The zero-order valence-corrected chi connectivity index (χ0v) is 15.4. The molecule has 1 amide bonds. The van der Waals surface area contributed by atoms with E-state index >= 15 is 0 Å². The Morgan fingerprint density at radius 1 is 1.17 bits per heavy atom. The summed E-state index contributed by atoms with van der Waals surface area (Å²) in [5, 5.41) is 3.15. The highest BCUT2D eigenvalue weighted by Crippen LogP contribution is 2.51. The molecule has 0 spiro atoms. The molecule has 1 aliphatic rings. The van der Waals surface area contributed by atoms with E-state index in [1.807, 2.05) is 30.3 Å². The number of amides is 1. The van der Waals surface area contributed by atoms with Gasteiger partial charge in [0.1, 0.15) is 5.75 Å². The first-order valence-electron chi connectivity index (χ1n) is 8.33. The first-order valence-corrected chi connectivity index (χ1v) is 9.13. The molecule has 126 valence electrons. The number of carbonyl (C=O) groups excluding carboxylic acids is 1. The molecule has 1 atom stereocenters. The van der Waals surface area contributed by atoms with Crippen molar-refractivity contribution in [2.75, 3.05) is 6.61 Å². The van der Waals surface area contributed by atoms with Crippen LogP contribution < -0.4 is 10.1 Å². The Morgan fingerprint density at radius 2 is 1.83 bits per heavy atom. The number of carbonyl (C=O) groups is 1. The number of halogens is 1. The zero-order valence-electron chi connectivity index (χ0n) is 13.8. The predicted molar refractivity (Wildman–Crippen MR) is 99.2 cm³/mol. The van der Waals surface area contributed by atoms with Crippen LogP contribution in [0.15, 0.2) is 59.1 Å². The monoisotopic (exact) mass is 387 g/mol. The zero-order chi connectivity index (χ0) is 17.0. The van der Waals surface area contributed by atoms with Crippen LogP contribution in [0.2, 0.25) is 0 Å². The molecule has 0 heterocycles. The topological polar surface area (TPSA) is 38.3 Å². The van der Waals surface area contributed by atoms with E-state index in [4.69, 9.17) is 4.74 Å². The van der Waals surface area contributed by atoms with Gasteiger partial charge in [-0.3, -0.25) is 4.79 Å². The first-order chi connectivity index (χ1) is 11.6. The van der Waals surface area contributed by atoms with Crippen LogP contribution in [0.1, 0.15) is 31.7 Å². The van der Waals surface area contributed by atoms with Gasteiger partial charge < -0.3 is 10.1 Å². The van der Waals surface area contributed by atoms with Crippen molar-refractivity contribution in [3.05, 3.63) is 64.6 Å². The van der Waals surface area contributed by atoms with E-state index in [0.29, 0.717) is 13.0 Å². The molecule has 3 nitrogen and oxygen atoms in total. The molecule has 0 radical (unpaired) electrons. The molecular formula is C20H22BrNO2. The Hall–Kier alpha value is -1.81. The summed E-state index contributed by atoms with van der Waals surface area (Å²) in [6.07, 6.45) is 2.61. The minimum absolute atomic E-state index is 0.0433. The molecular weight excluding hydrogens is 366 g/mol. The van der Waals surface area contributed by atoms with Crippen LogP contribution in [-0.2, 0) is 10.2 Å². The third-order valence-corrected chi connectivity index (χ3v) is 5.28. The van der Waals surface area contributed by atoms with Gasteiger partial charge in [0.05, 0.1) is 13.0 Å². The van der Waals surface area contributed by atoms with Crippen molar-refractivity contribution in [2.45, 2.75) is 37.6 Å². The van der Waals surface area contributed by atoms with E-state index in [-0.39, 0.29) is 17.4 Å². The van der Waals surface area contributed by atoms with Crippen molar-refractivity contribution >= 4 is 21.8 Å². The lowest BCUT2D eigenvalue weighted by atomic mass is 9.89. The maximum atomic E-state index is 12.2. The van der Waals surface area contributed by atoms with Crippen LogP contribution in [0.4, 0.5) is 0 Å². The number of para-hydroxylation sites is 1. The quantitative estimate of drug-likeness (QED) is 0.761. The van der Waals surface area contributed by atoms with E-state index in [2.05, 4.69) is 52.4 Å². The standard InChI is InChI=1S/C20H22BrNO2/c1-15(20(12-13-20)16-7-9-17(21)10-8-16)22-19(23)11-14-24-18-5-3-2-4-6-18/h2-10,15H,11-14H2,1H3,(H,22,23). The Balaban J connectivity index is 1.50. The van der Waals surface area contributed by atoms with Crippen molar-refractivity contribution in [3.8, 4) is 5.75 Å². The lowest BCUT2D eigenvalue weighted by molar-refractivity contribution is -0.122. The summed E-state index contributed by atoms with van der Waals surface area (Å²) in [5.41, 5.74) is 1.40. The maximum Gasteiger partial charge on any atom is 0.223 e. The van der Waals surface area contributed by atoms with Gasteiger partial charge in [-0.05, 0) is 49.6 Å². The van der Waals surface area contributed by atoms with E-state index in [9.17, 15) is 4.79 Å². The Morgan fingerprint density at radius 3 is 2.46 bits per heavy atom. The van der Waals surface area contributed by atoms with E-state index < -0.39 is 0 Å². The molecule has 3 rings (SSSR count). The average molecular weight is 388 g/mol. The van der Waals surface area contributed by atoms with Crippen molar-refractivity contribution in [3.63, 3.8) is 0 Å². The summed E-state index contributed by atoms with van der Waals surface area (Å²) in [6.45, 7) is 2.50. The lowest BCUT2D eigenvalue weighted by Gasteiger charge is -2.25. The number of benzene rings is 2. The van der Waals surface area contributed by atoms with Gasteiger partial charge in [-0.25, -0.2) is 0 Å². The highest BCUT2D eigenvalue weighted by Gasteiger charge is 2.49. The molecule has 24 heavy (non-hydrogen) atoms. The van der Waals surface area contributed by atoms with Gasteiger partial charge in [0, 0.05) is 15.9 Å². The molecule has 1 fully saturated rings. The van der Waals surface area contributed by atoms with E-state index in [1.54, 1.807) is 0 Å². The summed E-state index contributed by atoms with van der Waals surface area (Å²) >= 11 is 3.47. The second-order valence-corrected chi connectivity index (χ2v) is 7.28. The van der Waals surface area contributed by atoms with Crippen LogP contribution in [0.3, 0.4) is 0 Å². The molecule has 1 aliphatic carbocycles. The predicted octanol–water partition coefficient (Wildman–Crippen LogP) is 4.45. The molecule has 1 N–H and O–H groups in total. The third-order valence-electron chi connectivity index (χ3n) is 4.76. The number of hydrogen-bond acceptors (Lipinski definition) is 2. The molecule has 0 aromatic heterocycles. The highest BCUT2D eigenvalue weighted by atomic mass is 79.9. The number of hydrogen-bond donors (Lipinski definition) is 1. The van der Waals surface area contributed by atoms with Gasteiger partial charge in [-0.1, -0.05) is 46.3 Å². The van der Waals surface area contributed by atoms with Gasteiger partial charge in [0.2, 0.25) is 5.91 Å². The minimum atomic E-state index is 0.0433. The molecule has 1 saturated carbocycles. The fraction of sp³-hybridized carbons (Fsp3) is 0.350. The maximum absolute atomic E-state index is 12.2. The van der Waals surface area contributed by atoms with Gasteiger partial charge in [0.25, 0.3) is 0 Å².